The maximum atomic E-state index is 13.4. The second-order valence-electron chi connectivity index (χ2n) is 5.63. The molecule has 0 spiro atoms. The van der Waals surface area contributed by atoms with E-state index in [1.54, 1.807) is 11.0 Å². The summed E-state index contributed by atoms with van der Waals surface area (Å²) < 4.78 is 13.4. The summed E-state index contributed by atoms with van der Waals surface area (Å²) in [6, 6.07) is 4.62. The molecule has 20 heavy (non-hydrogen) atoms. The lowest BCUT2D eigenvalue weighted by Crippen LogP contribution is -2.48. The predicted molar refractivity (Wildman–Crippen MR) is 80.1 cm³/mol. The van der Waals surface area contributed by atoms with Gasteiger partial charge < -0.3 is 10.6 Å². The van der Waals surface area contributed by atoms with E-state index in [-0.39, 0.29) is 16.7 Å². The molecule has 1 fully saturated rings. The van der Waals surface area contributed by atoms with E-state index < -0.39 is 5.41 Å². The smallest absolute Gasteiger partial charge is 0.240 e. The number of thiocarbonyl (C=S) groups is 1. The number of amides is 1. The van der Waals surface area contributed by atoms with Crippen molar-refractivity contribution >= 4 is 28.8 Å². The quantitative estimate of drug-likeness (QED) is 0.852. The van der Waals surface area contributed by atoms with Gasteiger partial charge >= 0.3 is 0 Å². The van der Waals surface area contributed by atoms with Gasteiger partial charge in [0.25, 0.3) is 0 Å². The number of nitrogens with two attached hydrogens (primary N) is 1. The van der Waals surface area contributed by atoms with Gasteiger partial charge in [-0.1, -0.05) is 31.1 Å². The van der Waals surface area contributed by atoms with E-state index in [1.807, 2.05) is 0 Å². The maximum Gasteiger partial charge on any atom is 0.240 e. The highest BCUT2D eigenvalue weighted by Crippen LogP contribution is 2.42. The molecule has 5 heteroatoms. The number of fused-ring (bicyclic) bond motifs is 1. The van der Waals surface area contributed by atoms with Gasteiger partial charge in [0.1, 0.15) is 5.82 Å². The lowest BCUT2D eigenvalue weighted by Gasteiger charge is -2.31. The van der Waals surface area contributed by atoms with Gasteiger partial charge in [0.15, 0.2) is 0 Å². The number of carbonyl (C=O) groups is 1. The number of rotatable bonds is 2. The van der Waals surface area contributed by atoms with Crippen LogP contribution in [0.2, 0.25) is 0 Å². The van der Waals surface area contributed by atoms with Gasteiger partial charge in [0.05, 0.1) is 10.4 Å². The molecule has 1 aliphatic heterocycles. The normalized spacial score (nSPS) is 19.9. The molecular formula is C15H17FN2OS. The molecule has 1 aromatic carbocycles. The molecule has 0 unspecified atom stereocenters. The molecule has 1 amide bonds. The summed E-state index contributed by atoms with van der Waals surface area (Å²) in [7, 11) is 0. The molecule has 2 aliphatic rings. The van der Waals surface area contributed by atoms with Gasteiger partial charge in [-0.3, -0.25) is 4.79 Å². The fourth-order valence-corrected chi connectivity index (χ4v) is 3.66. The second-order valence-corrected chi connectivity index (χ2v) is 6.07. The van der Waals surface area contributed by atoms with Crippen molar-refractivity contribution in [1.29, 1.82) is 0 Å². The Kier molecular flexibility index (Phi) is 3.24. The van der Waals surface area contributed by atoms with E-state index >= 15 is 0 Å². The topological polar surface area (TPSA) is 46.3 Å². The van der Waals surface area contributed by atoms with Crippen molar-refractivity contribution < 1.29 is 9.18 Å². The fourth-order valence-electron chi connectivity index (χ4n) is 3.37. The fraction of sp³-hybridized carbons (Fsp3) is 0.467. The Morgan fingerprint density at radius 1 is 1.35 bits per heavy atom. The molecule has 0 radical (unpaired) electrons. The van der Waals surface area contributed by atoms with Gasteiger partial charge in [-0.15, -0.1) is 0 Å². The highest BCUT2D eigenvalue weighted by molar-refractivity contribution is 7.80. The summed E-state index contributed by atoms with van der Waals surface area (Å²) in [5.74, 6) is -0.369. The Balaban J connectivity index is 1.97. The third-order valence-electron chi connectivity index (χ3n) is 4.53. The van der Waals surface area contributed by atoms with Crippen LogP contribution in [0.3, 0.4) is 0 Å². The monoisotopic (exact) mass is 292 g/mol. The van der Waals surface area contributed by atoms with Gasteiger partial charge in [0.2, 0.25) is 5.91 Å². The molecule has 2 N–H and O–H groups in total. The van der Waals surface area contributed by atoms with Crippen molar-refractivity contribution in [3.05, 3.63) is 29.6 Å². The van der Waals surface area contributed by atoms with Crippen LogP contribution in [0.5, 0.6) is 0 Å². The Hall–Kier alpha value is -1.49. The largest absolute Gasteiger partial charge is 0.392 e. The summed E-state index contributed by atoms with van der Waals surface area (Å²) in [5.41, 5.74) is 6.83. The molecule has 1 saturated carbocycles. The number of anilines is 1. The van der Waals surface area contributed by atoms with Gasteiger partial charge in [0, 0.05) is 12.2 Å². The van der Waals surface area contributed by atoms with Crippen LogP contribution in [-0.4, -0.2) is 17.4 Å². The number of benzene rings is 1. The summed E-state index contributed by atoms with van der Waals surface area (Å²) in [5, 5.41) is 0. The third kappa shape index (κ3) is 1.92. The number of halogens is 1. The predicted octanol–water partition coefficient (Wildman–Crippen LogP) is 2.56. The van der Waals surface area contributed by atoms with Crippen LogP contribution in [-0.2, 0) is 11.2 Å². The average molecular weight is 292 g/mol. The molecule has 1 aliphatic carbocycles. The van der Waals surface area contributed by atoms with E-state index in [1.165, 1.54) is 12.1 Å². The molecule has 0 saturated heterocycles. The van der Waals surface area contributed by atoms with Gasteiger partial charge in [-0.2, -0.15) is 0 Å². The zero-order valence-corrected chi connectivity index (χ0v) is 12.0. The van der Waals surface area contributed by atoms with Crippen molar-refractivity contribution in [2.45, 2.75) is 32.1 Å². The molecule has 106 valence electrons. The Morgan fingerprint density at radius 3 is 2.70 bits per heavy atom. The molecule has 1 heterocycles. The van der Waals surface area contributed by atoms with Gasteiger partial charge in [-0.05, 0) is 37.0 Å². The van der Waals surface area contributed by atoms with Crippen LogP contribution in [0.1, 0.15) is 31.2 Å². The molecule has 0 bridgehead atoms. The van der Waals surface area contributed by atoms with E-state index in [2.05, 4.69) is 0 Å². The van der Waals surface area contributed by atoms with E-state index in [9.17, 15) is 9.18 Å². The average Bonchev–Trinajstić information content (AvgIpc) is 3.05. The first kappa shape index (κ1) is 13.5. The lowest BCUT2D eigenvalue weighted by molar-refractivity contribution is -0.124. The number of nitrogens with zero attached hydrogens (tertiary/aromatic N) is 1. The first-order chi connectivity index (χ1) is 9.54. The van der Waals surface area contributed by atoms with Crippen LogP contribution >= 0.6 is 12.2 Å². The standard InChI is InChI=1S/C15H17FN2OS/c16-11-4-3-10-5-8-18(12(10)9-11)14(19)15(13(17)20)6-1-2-7-15/h3-4,9H,1-2,5-8H2,(H2,17,20). The SMILES string of the molecule is NC(=S)C1(C(=O)N2CCc3ccc(F)cc32)CCCC1. The first-order valence-electron chi connectivity index (χ1n) is 6.95. The third-order valence-corrected chi connectivity index (χ3v) is 4.92. The molecule has 1 aromatic rings. The molecule has 0 atom stereocenters. The zero-order chi connectivity index (χ0) is 14.3. The van der Waals surface area contributed by atoms with Gasteiger partial charge in [-0.25, -0.2) is 4.39 Å². The maximum absolute atomic E-state index is 13.4. The van der Waals surface area contributed by atoms with Crippen molar-refractivity contribution in [2.24, 2.45) is 11.1 Å². The first-order valence-corrected chi connectivity index (χ1v) is 7.36. The van der Waals surface area contributed by atoms with E-state index in [0.717, 1.165) is 24.8 Å². The summed E-state index contributed by atoms with van der Waals surface area (Å²) in [6.07, 6.45) is 4.11. The summed E-state index contributed by atoms with van der Waals surface area (Å²) >= 11 is 5.16. The highest BCUT2D eigenvalue weighted by atomic mass is 32.1. The van der Waals surface area contributed by atoms with Crippen molar-refractivity contribution in [3.63, 3.8) is 0 Å². The second kappa shape index (κ2) is 4.81. The minimum Gasteiger partial charge on any atom is -0.392 e. The summed E-state index contributed by atoms with van der Waals surface area (Å²) in [4.78, 5) is 14.9. The van der Waals surface area contributed by atoms with Crippen molar-refractivity contribution in [3.8, 4) is 0 Å². The van der Waals surface area contributed by atoms with Crippen LogP contribution in [0, 0.1) is 11.2 Å². The van der Waals surface area contributed by atoms with E-state index in [4.69, 9.17) is 18.0 Å². The molecule has 0 aromatic heterocycles. The molecule has 3 nitrogen and oxygen atoms in total. The minimum atomic E-state index is -0.719. The number of hydrogen-bond donors (Lipinski definition) is 1. The van der Waals surface area contributed by atoms with Crippen LogP contribution in [0.4, 0.5) is 10.1 Å². The Morgan fingerprint density at radius 2 is 2.05 bits per heavy atom. The van der Waals surface area contributed by atoms with E-state index in [0.29, 0.717) is 25.1 Å². The Bertz CT molecular complexity index is 581. The summed E-state index contributed by atoms with van der Waals surface area (Å²) in [6.45, 7) is 0.585. The zero-order valence-electron chi connectivity index (χ0n) is 11.2. The van der Waals surface area contributed by atoms with Crippen molar-refractivity contribution in [2.75, 3.05) is 11.4 Å². The van der Waals surface area contributed by atoms with Crippen LogP contribution < -0.4 is 10.6 Å². The lowest BCUT2D eigenvalue weighted by atomic mass is 9.84. The van der Waals surface area contributed by atoms with Crippen molar-refractivity contribution in [1.82, 2.24) is 0 Å². The Labute approximate surface area is 122 Å². The molecule has 3 rings (SSSR count). The number of hydrogen-bond acceptors (Lipinski definition) is 2. The van der Waals surface area contributed by atoms with Crippen LogP contribution in [0.25, 0.3) is 0 Å². The minimum absolute atomic E-state index is 0.0492. The van der Waals surface area contributed by atoms with Crippen LogP contribution in [0.15, 0.2) is 18.2 Å². The highest BCUT2D eigenvalue weighted by Gasteiger charge is 2.47. The number of carbonyl (C=O) groups excluding carboxylic acids is 1. The molecular weight excluding hydrogens is 275 g/mol.